The van der Waals surface area contributed by atoms with Crippen LogP contribution in [0.2, 0.25) is 0 Å². The molecule has 0 fully saturated rings. The molecule has 1 heterocycles. The van der Waals surface area contributed by atoms with Crippen molar-refractivity contribution in [3.8, 4) is 0 Å². The molecular formula is C19H20FNO3S. The van der Waals surface area contributed by atoms with Gasteiger partial charge in [-0.05, 0) is 43.7 Å². The number of ketones is 2. The number of thiophene rings is 1. The maximum atomic E-state index is 13.4. The molecule has 1 amide bonds. The summed E-state index contributed by atoms with van der Waals surface area (Å²) in [4.78, 5) is 37.3. The molecule has 25 heavy (non-hydrogen) atoms. The minimum absolute atomic E-state index is 0.0145. The lowest BCUT2D eigenvalue weighted by Gasteiger charge is -2.06. The van der Waals surface area contributed by atoms with Crippen LogP contribution in [-0.2, 0) is 9.59 Å². The monoisotopic (exact) mass is 361 g/mol. The summed E-state index contributed by atoms with van der Waals surface area (Å²) in [5.41, 5.74) is 0.863. The van der Waals surface area contributed by atoms with Crippen LogP contribution in [0.5, 0.6) is 0 Å². The third kappa shape index (κ3) is 5.90. The van der Waals surface area contributed by atoms with Gasteiger partial charge < -0.3 is 5.32 Å². The number of Topliss-reactive ketones (excluding diaryl/α,β-unsaturated/α-hetero) is 2. The standard InChI is InChI=1S/C19H20FNO3S/c1-12-3-5-14(11-16(12)20)21-19(24)10-7-15(22)6-8-17(23)18-9-4-13(2)25-18/h3-5,9,11H,6-8,10H2,1-2H3,(H,21,24). The molecule has 0 aliphatic rings. The first-order valence-electron chi connectivity index (χ1n) is 8.02. The van der Waals surface area contributed by atoms with E-state index in [2.05, 4.69) is 5.32 Å². The van der Waals surface area contributed by atoms with Crippen molar-refractivity contribution in [2.24, 2.45) is 0 Å². The molecule has 1 N–H and O–H groups in total. The van der Waals surface area contributed by atoms with Crippen molar-refractivity contribution in [1.82, 2.24) is 0 Å². The normalized spacial score (nSPS) is 10.5. The van der Waals surface area contributed by atoms with Crippen LogP contribution in [0.15, 0.2) is 30.3 Å². The Morgan fingerprint density at radius 3 is 2.36 bits per heavy atom. The van der Waals surface area contributed by atoms with Crippen LogP contribution in [0, 0.1) is 19.7 Å². The van der Waals surface area contributed by atoms with E-state index >= 15 is 0 Å². The second-order valence-electron chi connectivity index (χ2n) is 5.88. The maximum absolute atomic E-state index is 13.4. The summed E-state index contributed by atoms with van der Waals surface area (Å²) in [6, 6.07) is 8.07. The van der Waals surface area contributed by atoms with Crippen LogP contribution in [-0.4, -0.2) is 17.5 Å². The Morgan fingerprint density at radius 1 is 1.00 bits per heavy atom. The minimum atomic E-state index is -0.392. The van der Waals surface area contributed by atoms with Crippen molar-refractivity contribution in [1.29, 1.82) is 0 Å². The van der Waals surface area contributed by atoms with Crippen molar-refractivity contribution in [2.75, 3.05) is 5.32 Å². The fourth-order valence-corrected chi connectivity index (χ4v) is 3.07. The summed E-state index contributed by atoms with van der Waals surface area (Å²) < 4.78 is 13.4. The first-order valence-corrected chi connectivity index (χ1v) is 8.84. The summed E-state index contributed by atoms with van der Waals surface area (Å²) in [5.74, 6) is -0.925. The van der Waals surface area contributed by atoms with E-state index in [1.807, 2.05) is 13.0 Å². The van der Waals surface area contributed by atoms with Gasteiger partial charge in [0.1, 0.15) is 11.6 Å². The van der Waals surface area contributed by atoms with Crippen molar-refractivity contribution >= 4 is 34.5 Å². The van der Waals surface area contributed by atoms with Crippen molar-refractivity contribution in [3.63, 3.8) is 0 Å². The average Bonchev–Trinajstić information content (AvgIpc) is 3.00. The quantitative estimate of drug-likeness (QED) is 0.706. The van der Waals surface area contributed by atoms with Gasteiger partial charge in [0.25, 0.3) is 0 Å². The van der Waals surface area contributed by atoms with Gasteiger partial charge >= 0.3 is 0 Å². The number of hydrogen-bond donors (Lipinski definition) is 1. The van der Waals surface area contributed by atoms with Gasteiger partial charge in [-0.15, -0.1) is 11.3 Å². The molecule has 132 valence electrons. The zero-order valence-electron chi connectivity index (χ0n) is 14.2. The SMILES string of the molecule is Cc1ccc(C(=O)CCC(=O)CCC(=O)Nc2ccc(C)c(F)c2)s1. The maximum Gasteiger partial charge on any atom is 0.224 e. The van der Waals surface area contributed by atoms with Gasteiger partial charge in [-0.1, -0.05) is 6.07 Å². The van der Waals surface area contributed by atoms with Gasteiger partial charge in [0, 0.05) is 36.2 Å². The van der Waals surface area contributed by atoms with Crippen LogP contribution < -0.4 is 5.32 Å². The second kappa shape index (κ2) is 8.67. The van der Waals surface area contributed by atoms with E-state index in [-0.39, 0.29) is 43.2 Å². The van der Waals surface area contributed by atoms with Crippen molar-refractivity contribution < 1.29 is 18.8 Å². The molecule has 0 unspecified atom stereocenters. The van der Waals surface area contributed by atoms with Crippen LogP contribution in [0.25, 0.3) is 0 Å². The van der Waals surface area contributed by atoms with E-state index in [9.17, 15) is 18.8 Å². The largest absolute Gasteiger partial charge is 0.326 e. The minimum Gasteiger partial charge on any atom is -0.326 e. The molecule has 0 atom stereocenters. The van der Waals surface area contributed by atoms with E-state index in [1.54, 1.807) is 25.1 Å². The summed E-state index contributed by atoms with van der Waals surface area (Å²) >= 11 is 1.41. The highest BCUT2D eigenvalue weighted by Crippen LogP contribution is 2.18. The smallest absolute Gasteiger partial charge is 0.224 e. The van der Waals surface area contributed by atoms with E-state index in [1.165, 1.54) is 17.4 Å². The molecule has 0 spiro atoms. The summed E-state index contributed by atoms with van der Waals surface area (Å²) in [5, 5.41) is 2.56. The Morgan fingerprint density at radius 2 is 1.72 bits per heavy atom. The molecule has 1 aromatic heterocycles. The predicted octanol–water partition coefficient (Wildman–Crippen LogP) is 4.45. The zero-order valence-corrected chi connectivity index (χ0v) is 15.0. The molecule has 0 aliphatic carbocycles. The number of benzene rings is 1. The topological polar surface area (TPSA) is 63.2 Å². The number of anilines is 1. The molecule has 1 aromatic carbocycles. The third-order valence-electron chi connectivity index (χ3n) is 3.73. The van der Waals surface area contributed by atoms with Crippen LogP contribution in [0.3, 0.4) is 0 Å². The van der Waals surface area contributed by atoms with E-state index in [0.29, 0.717) is 16.1 Å². The molecule has 0 saturated carbocycles. The van der Waals surface area contributed by atoms with Gasteiger partial charge in [-0.2, -0.15) is 0 Å². The fraction of sp³-hybridized carbons (Fsp3) is 0.316. The highest BCUT2D eigenvalue weighted by Gasteiger charge is 2.13. The molecule has 4 nitrogen and oxygen atoms in total. The average molecular weight is 361 g/mol. The Labute approximate surface area is 150 Å². The summed E-state index contributed by atoms with van der Waals surface area (Å²) in [6.45, 7) is 3.56. The number of aryl methyl sites for hydroxylation is 2. The number of carbonyl (C=O) groups excluding carboxylic acids is 3. The van der Waals surface area contributed by atoms with E-state index < -0.39 is 5.82 Å². The lowest BCUT2D eigenvalue weighted by atomic mass is 10.1. The van der Waals surface area contributed by atoms with E-state index in [0.717, 1.165) is 4.88 Å². The number of hydrogen-bond acceptors (Lipinski definition) is 4. The highest BCUT2D eigenvalue weighted by molar-refractivity contribution is 7.14. The fourth-order valence-electron chi connectivity index (χ4n) is 2.23. The molecule has 2 rings (SSSR count). The summed E-state index contributed by atoms with van der Waals surface area (Å²) in [6.07, 6.45) is 0.364. The first kappa shape index (κ1) is 19.0. The van der Waals surface area contributed by atoms with Gasteiger partial charge in [-0.25, -0.2) is 4.39 Å². The Balaban J connectivity index is 1.72. The van der Waals surface area contributed by atoms with Gasteiger partial charge in [-0.3, -0.25) is 14.4 Å². The zero-order chi connectivity index (χ0) is 18.4. The lowest BCUT2D eigenvalue weighted by molar-refractivity contribution is -0.122. The molecular weight excluding hydrogens is 341 g/mol. The molecule has 0 aliphatic heterocycles. The number of amides is 1. The number of carbonyl (C=O) groups is 3. The van der Waals surface area contributed by atoms with Gasteiger partial charge in [0.05, 0.1) is 4.88 Å². The lowest BCUT2D eigenvalue weighted by Crippen LogP contribution is -2.14. The Bertz CT molecular complexity index is 798. The predicted molar refractivity (Wildman–Crippen MR) is 96.6 cm³/mol. The summed E-state index contributed by atoms with van der Waals surface area (Å²) in [7, 11) is 0. The van der Waals surface area contributed by atoms with Gasteiger partial charge in [0.15, 0.2) is 5.78 Å². The number of rotatable bonds is 8. The Hall–Kier alpha value is -2.34. The third-order valence-corrected chi connectivity index (χ3v) is 4.77. The Kier molecular flexibility index (Phi) is 6.58. The molecule has 0 bridgehead atoms. The van der Waals surface area contributed by atoms with Crippen molar-refractivity contribution in [3.05, 3.63) is 51.5 Å². The molecule has 6 heteroatoms. The molecule has 0 saturated heterocycles. The highest BCUT2D eigenvalue weighted by atomic mass is 32.1. The van der Waals surface area contributed by atoms with Crippen molar-refractivity contribution in [2.45, 2.75) is 39.5 Å². The van der Waals surface area contributed by atoms with Gasteiger partial charge in [0.2, 0.25) is 5.91 Å². The van der Waals surface area contributed by atoms with Crippen LogP contribution in [0.4, 0.5) is 10.1 Å². The second-order valence-corrected chi connectivity index (χ2v) is 7.17. The molecule has 2 aromatic rings. The van der Waals surface area contributed by atoms with E-state index in [4.69, 9.17) is 0 Å². The number of nitrogens with one attached hydrogen (secondary N) is 1. The van der Waals surface area contributed by atoms with Crippen LogP contribution in [0.1, 0.15) is 45.8 Å². The first-order chi connectivity index (χ1) is 11.8. The van der Waals surface area contributed by atoms with Crippen LogP contribution >= 0.6 is 11.3 Å². The molecule has 0 radical (unpaired) electrons. The number of halogens is 1.